The lowest BCUT2D eigenvalue weighted by Gasteiger charge is -2.19. The molecule has 0 aliphatic carbocycles. The molecule has 0 atom stereocenters. The molecule has 7 nitrogen and oxygen atoms in total. The third kappa shape index (κ3) is 2.91. The number of hydrogen-bond donors (Lipinski definition) is 0. The van der Waals surface area contributed by atoms with Crippen LogP contribution in [0.4, 0.5) is 11.6 Å². The van der Waals surface area contributed by atoms with Gasteiger partial charge in [-0.25, -0.2) is 4.79 Å². The highest BCUT2D eigenvalue weighted by molar-refractivity contribution is 5.78. The van der Waals surface area contributed by atoms with Crippen molar-refractivity contribution in [2.75, 3.05) is 11.4 Å². The van der Waals surface area contributed by atoms with Gasteiger partial charge in [0.25, 0.3) is 5.56 Å². The van der Waals surface area contributed by atoms with Crippen LogP contribution in [0.1, 0.15) is 22.3 Å². The van der Waals surface area contributed by atoms with Crippen molar-refractivity contribution in [2.45, 2.75) is 33.9 Å². The monoisotopic (exact) mass is 415 g/mol. The molecule has 1 aliphatic rings. The van der Waals surface area contributed by atoms with Crippen LogP contribution in [-0.4, -0.2) is 25.2 Å². The molecule has 4 aromatic rings. The topological polar surface area (TPSA) is 65.1 Å². The molecule has 5 rings (SSSR count). The molecule has 0 amide bonds. The van der Waals surface area contributed by atoms with Crippen molar-refractivity contribution < 1.29 is 0 Å². The fourth-order valence-electron chi connectivity index (χ4n) is 4.41. The van der Waals surface area contributed by atoms with E-state index >= 15 is 0 Å². The van der Waals surface area contributed by atoms with E-state index in [1.165, 1.54) is 14.7 Å². The highest BCUT2D eigenvalue weighted by atomic mass is 16.2. The first-order valence-electron chi connectivity index (χ1n) is 10.5. The van der Waals surface area contributed by atoms with Crippen LogP contribution in [-0.2, 0) is 20.1 Å². The van der Waals surface area contributed by atoms with Crippen molar-refractivity contribution in [3.05, 3.63) is 85.6 Å². The van der Waals surface area contributed by atoms with Crippen LogP contribution in [0.3, 0.4) is 0 Å². The summed E-state index contributed by atoms with van der Waals surface area (Å²) in [5.74, 6) is 0.712. The Kier molecular flexibility index (Phi) is 4.36. The van der Waals surface area contributed by atoms with E-state index in [-0.39, 0.29) is 17.8 Å². The van der Waals surface area contributed by atoms with E-state index in [0.29, 0.717) is 23.7 Å². The van der Waals surface area contributed by atoms with Gasteiger partial charge in [0.15, 0.2) is 11.2 Å². The number of imidazole rings is 1. The summed E-state index contributed by atoms with van der Waals surface area (Å²) in [5.41, 5.74) is 5.69. The summed E-state index contributed by atoms with van der Waals surface area (Å²) in [7, 11) is 1.68. The van der Waals surface area contributed by atoms with Crippen molar-refractivity contribution in [3.8, 4) is 0 Å². The first kappa shape index (κ1) is 19.4. The lowest BCUT2D eigenvalue weighted by Crippen LogP contribution is -2.40. The van der Waals surface area contributed by atoms with E-state index < -0.39 is 0 Å². The molecule has 31 heavy (non-hydrogen) atoms. The minimum Gasteiger partial charge on any atom is -0.310 e. The van der Waals surface area contributed by atoms with Gasteiger partial charge in [0, 0.05) is 25.8 Å². The van der Waals surface area contributed by atoms with Gasteiger partial charge in [0.1, 0.15) is 0 Å². The van der Waals surface area contributed by atoms with E-state index in [2.05, 4.69) is 36.9 Å². The van der Waals surface area contributed by atoms with Gasteiger partial charge in [-0.2, -0.15) is 4.98 Å². The van der Waals surface area contributed by atoms with Crippen LogP contribution in [0, 0.1) is 20.8 Å². The molecule has 0 bridgehead atoms. The summed E-state index contributed by atoms with van der Waals surface area (Å²) in [5, 5.41) is 0. The quantitative estimate of drug-likeness (QED) is 0.516. The number of nitrogens with zero attached hydrogens (tertiary/aromatic N) is 5. The third-order valence-corrected chi connectivity index (χ3v) is 6.25. The predicted molar refractivity (Wildman–Crippen MR) is 122 cm³/mol. The maximum absolute atomic E-state index is 13.5. The van der Waals surface area contributed by atoms with Gasteiger partial charge in [-0.05, 0) is 49.1 Å². The molecule has 0 saturated carbocycles. The smallest absolute Gasteiger partial charge is 0.310 e. The third-order valence-electron chi connectivity index (χ3n) is 6.25. The Morgan fingerprint density at radius 2 is 1.74 bits per heavy atom. The fourth-order valence-corrected chi connectivity index (χ4v) is 4.41. The maximum atomic E-state index is 13.5. The predicted octanol–water partition coefficient (Wildman–Crippen LogP) is 3.02. The molecule has 0 saturated heterocycles. The van der Waals surface area contributed by atoms with Crippen molar-refractivity contribution in [1.29, 1.82) is 0 Å². The van der Waals surface area contributed by atoms with E-state index in [1.54, 1.807) is 7.05 Å². The van der Waals surface area contributed by atoms with Gasteiger partial charge in [0.05, 0.1) is 6.54 Å². The Labute approximate surface area is 179 Å². The number of rotatable bonds is 3. The fraction of sp³-hybridized carbons (Fsp3) is 0.292. The van der Waals surface area contributed by atoms with Crippen LogP contribution < -0.4 is 16.1 Å². The molecule has 3 heterocycles. The molecule has 0 unspecified atom stereocenters. The minimum absolute atomic E-state index is 0.245. The minimum atomic E-state index is -0.351. The molecular weight excluding hydrogens is 390 g/mol. The van der Waals surface area contributed by atoms with Crippen molar-refractivity contribution in [2.24, 2.45) is 7.05 Å². The number of anilines is 2. The largest absolute Gasteiger partial charge is 0.332 e. The molecule has 0 N–H and O–H groups in total. The standard InChI is InChI=1S/C24H25N5O2/c1-15-9-10-17(3)19(13-15)27-11-12-28-20-21(25-23(27)28)26(4)24(31)29(22(20)30)14-18-8-6-5-7-16(18)2/h5-10,13H,11-12,14H2,1-4H3. The first-order valence-corrected chi connectivity index (χ1v) is 10.5. The van der Waals surface area contributed by atoms with Crippen molar-refractivity contribution >= 4 is 22.8 Å². The number of aromatic nitrogens is 4. The molecule has 0 fully saturated rings. The Morgan fingerprint density at radius 1 is 0.968 bits per heavy atom. The molecule has 1 aliphatic heterocycles. The number of aryl methyl sites for hydroxylation is 4. The number of benzene rings is 2. The van der Waals surface area contributed by atoms with Crippen molar-refractivity contribution in [1.82, 2.24) is 18.7 Å². The van der Waals surface area contributed by atoms with Crippen LogP contribution in [0.5, 0.6) is 0 Å². The zero-order valence-corrected chi connectivity index (χ0v) is 18.2. The first-order chi connectivity index (χ1) is 14.9. The van der Waals surface area contributed by atoms with E-state index in [4.69, 9.17) is 4.98 Å². The van der Waals surface area contributed by atoms with Gasteiger partial charge in [0.2, 0.25) is 5.95 Å². The van der Waals surface area contributed by atoms with Gasteiger partial charge >= 0.3 is 5.69 Å². The second-order valence-electron chi connectivity index (χ2n) is 8.34. The summed E-state index contributed by atoms with van der Waals surface area (Å²) in [6.45, 7) is 7.76. The van der Waals surface area contributed by atoms with Gasteiger partial charge < -0.3 is 9.47 Å². The lowest BCUT2D eigenvalue weighted by molar-refractivity contribution is 0.650. The molecule has 2 aromatic heterocycles. The zero-order valence-electron chi connectivity index (χ0n) is 18.2. The number of fused-ring (bicyclic) bond motifs is 3. The van der Waals surface area contributed by atoms with E-state index in [0.717, 1.165) is 28.9 Å². The highest BCUT2D eigenvalue weighted by Crippen LogP contribution is 2.34. The SMILES string of the molecule is Cc1ccc(C)c(N2CCn3c2nc2c3c(=O)n(Cc3ccccc3C)c(=O)n2C)c1. The van der Waals surface area contributed by atoms with Crippen LogP contribution in [0.25, 0.3) is 11.2 Å². The molecule has 2 aromatic carbocycles. The maximum Gasteiger partial charge on any atom is 0.332 e. The summed E-state index contributed by atoms with van der Waals surface area (Å²) in [6, 6.07) is 14.1. The molecule has 0 spiro atoms. The average Bonchev–Trinajstić information content (AvgIpc) is 3.32. The molecule has 158 valence electrons. The van der Waals surface area contributed by atoms with Gasteiger partial charge in [-0.3, -0.25) is 13.9 Å². The lowest BCUT2D eigenvalue weighted by atomic mass is 10.1. The normalized spacial score (nSPS) is 13.2. The summed E-state index contributed by atoms with van der Waals surface area (Å²) >= 11 is 0. The Bertz CT molecular complexity index is 1460. The van der Waals surface area contributed by atoms with Gasteiger partial charge in [-0.15, -0.1) is 0 Å². The van der Waals surface area contributed by atoms with Crippen LogP contribution in [0.15, 0.2) is 52.1 Å². The van der Waals surface area contributed by atoms with Gasteiger partial charge in [-0.1, -0.05) is 36.4 Å². The van der Waals surface area contributed by atoms with E-state index in [1.807, 2.05) is 35.8 Å². The number of hydrogen-bond acceptors (Lipinski definition) is 4. The Hall–Kier alpha value is -3.61. The summed E-state index contributed by atoms with van der Waals surface area (Å²) in [6.07, 6.45) is 0. The second-order valence-corrected chi connectivity index (χ2v) is 8.34. The zero-order chi connectivity index (χ0) is 21.9. The summed E-state index contributed by atoms with van der Waals surface area (Å²) in [4.78, 5) is 33.4. The highest BCUT2D eigenvalue weighted by Gasteiger charge is 2.29. The van der Waals surface area contributed by atoms with Crippen LogP contribution >= 0.6 is 0 Å². The Balaban J connectivity index is 1.70. The second kappa shape index (κ2) is 6.97. The summed E-state index contributed by atoms with van der Waals surface area (Å²) < 4.78 is 4.76. The van der Waals surface area contributed by atoms with E-state index in [9.17, 15) is 9.59 Å². The van der Waals surface area contributed by atoms with Crippen LogP contribution in [0.2, 0.25) is 0 Å². The van der Waals surface area contributed by atoms with Crippen molar-refractivity contribution in [3.63, 3.8) is 0 Å². The Morgan fingerprint density at radius 3 is 2.52 bits per heavy atom. The molecular formula is C24H25N5O2. The molecule has 0 radical (unpaired) electrons. The molecule has 7 heteroatoms. The average molecular weight is 415 g/mol.